The SMILES string of the molecule is COCCOc1cc(OCCOC)cc(OC2C[C@@H](C)CO2)c1. The molecule has 6 nitrogen and oxygen atoms in total. The minimum atomic E-state index is -0.217. The molecule has 1 saturated heterocycles. The molecule has 1 aliphatic heterocycles. The smallest absolute Gasteiger partial charge is 0.200 e. The van der Waals surface area contributed by atoms with Crippen LogP contribution >= 0.6 is 0 Å². The van der Waals surface area contributed by atoms with Crippen LogP contribution in [-0.4, -0.2) is 53.5 Å². The Hall–Kier alpha value is -1.50. The van der Waals surface area contributed by atoms with E-state index in [0.29, 0.717) is 49.6 Å². The number of rotatable bonds is 10. The number of benzene rings is 1. The lowest BCUT2D eigenvalue weighted by Crippen LogP contribution is -2.14. The molecule has 0 aliphatic carbocycles. The van der Waals surface area contributed by atoms with Crippen molar-refractivity contribution in [3.63, 3.8) is 0 Å². The Labute approximate surface area is 137 Å². The molecule has 23 heavy (non-hydrogen) atoms. The molecular formula is C17H26O6. The van der Waals surface area contributed by atoms with E-state index in [1.807, 2.05) is 18.2 Å². The Morgan fingerprint density at radius 3 is 1.96 bits per heavy atom. The summed E-state index contributed by atoms with van der Waals surface area (Å²) in [5.74, 6) is 2.54. The average Bonchev–Trinajstić information content (AvgIpc) is 2.93. The van der Waals surface area contributed by atoms with Crippen molar-refractivity contribution in [2.75, 3.05) is 47.3 Å². The van der Waals surface area contributed by atoms with Gasteiger partial charge in [-0.15, -0.1) is 0 Å². The fourth-order valence-electron chi connectivity index (χ4n) is 2.24. The van der Waals surface area contributed by atoms with Gasteiger partial charge in [0.25, 0.3) is 0 Å². The quantitative estimate of drug-likeness (QED) is 0.616. The Morgan fingerprint density at radius 1 is 0.913 bits per heavy atom. The Bertz CT molecular complexity index is 436. The number of hydrogen-bond acceptors (Lipinski definition) is 6. The summed E-state index contributed by atoms with van der Waals surface area (Å²) in [6, 6.07) is 5.51. The summed E-state index contributed by atoms with van der Waals surface area (Å²) < 4.78 is 32.8. The van der Waals surface area contributed by atoms with E-state index in [9.17, 15) is 0 Å². The van der Waals surface area contributed by atoms with Crippen LogP contribution in [0.15, 0.2) is 18.2 Å². The normalized spacial score (nSPS) is 20.5. The van der Waals surface area contributed by atoms with Crippen molar-refractivity contribution in [3.8, 4) is 17.2 Å². The van der Waals surface area contributed by atoms with Gasteiger partial charge in [-0.1, -0.05) is 6.92 Å². The predicted octanol–water partition coefficient (Wildman–Crippen LogP) is 2.50. The standard InChI is InChI=1S/C17H26O6/c1-13-8-17(22-12-13)23-16-10-14(20-6-4-18-2)9-15(11-16)21-7-5-19-3/h9-11,13,17H,4-8,12H2,1-3H3/t13-,17?/m1/s1. The lowest BCUT2D eigenvalue weighted by Gasteiger charge is -2.16. The fraction of sp³-hybridized carbons (Fsp3) is 0.647. The van der Waals surface area contributed by atoms with Crippen LogP contribution in [-0.2, 0) is 14.2 Å². The van der Waals surface area contributed by atoms with Gasteiger partial charge in [0.1, 0.15) is 30.5 Å². The minimum Gasteiger partial charge on any atom is -0.491 e. The largest absolute Gasteiger partial charge is 0.491 e. The zero-order chi connectivity index (χ0) is 16.5. The van der Waals surface area contributed by atoms with Crippen LogP contribution in [0.3, 0.4) is 0 Å². The van der Waals surface area contributed by atoms with Crippen molar-refractivity contribution in [3.05, 3.63) is 18.2 Å². The molecule has 1 aromatic rings. The van der Waals surface area contributed by atoms with Gasteiger partial charge in [-0.3, -0.25) is 0 Å². The lowest BCUT2D eigenvalue weighted by atomic mass is 10.1. The summed E-state index contributed by atoms with van der Waals surface area (Å²) in [7, 11) is 3.28. The van der Waals surface area contributed by atoms with E-state index in [1.165, 1.54) is 0 Å². The van der Waals surface area contributed by atoms with Crippen molar-refractivity contribution in [1.82, 2.24) is 0 Å². The van der Waals surface area contributed by atoms with Gasteiger partial charge in [0.2, 0.25) is 0 Å². The molecule has 130 valence electrons. The highest BCUT2D eigenvalue weighted by Gasteiger charge is 2.23. The molecule has 1 unspecified atom stereocenters. The zero-order valence-corrected chi connectivity index (χ0v) is 14.1. The summed E-state index contributed by atoms with van der Waals surface area (Å²) in [5.41, 5.74) is 0. The van der Waals surface area contributed by atoms with Gasteiger partial charge in [-0.2, -0.15) is 0 Å². The Morgan fingerprint density at radius 2 is 1.48 bits per heavy atom. The van der Waals surface area contributed by atoms with Crippen LogP contribution < -0.4 is 14.2 Å². The van der Waals surface area contributed by atoms with Gasteiger partial charge in [0.05, 0.1) is 19.8 Å². The first-order valence-electron chi connectivity index (χ1n) is 7.88. The van der Waals surface area contributed by atoms with E-state index in [-0.39, 0.29) is 6.29 Å². The molecule has 0 aromatic heterocycles. The molecule has 6 heteroatoms. The van der Waals surface area contributed by atoms with Crippen LogP contribution in [0.5, 0.6) is 17.2 Å². The lowest BCUT2D eigenvalue weighted by molar-refractivity contribution is -0.0395. The van der Waals surface area contributed by atoms with E-state index in [2.05, 4.69) is 6.92 Å². The number of ether oxygens (including phenoxy) is 6. The molecule has 0 spiro atoms. The Balaban J connectivity index is 2.01. The average molecular weight is 326 g/mol. The first kappa shape index (κ1) is 17.8. The second kappa shape index (κ2) is 9.60. The van der Waals surface area contributed by atoms with Gasteiger partial charge < -0.3 is 28.4 Å². The van der Waals surface area contributed by atoms with E-state index in [4.69, 9.17) is 28.4 Å². The first-order chi connectivity index (χ1) is 11.2. The maximum absolute atomic E-state index is 5.89. The van der Waals surface area contributed by atoms with E-state index < -0.39 is 0 Å². The first-order valence-corrected chi connectivity index (χ1v) is 7.88. The topological polar surface area (TPSA) is 55.4 Å². The summed E-state index contributed by atoms with van der Waals surface area (Å²) in [6.07, 6.45) is 0.667. The minimum absolute atomic E-state index is 0.217. The predicted molar refractivity (Wildman–Crippen MR) is 85.3 cm³/mol. The molecule has 1 fully saturated rings. The molecule has 1 aliphatic rings. The summed E-state index contributed by atoms with van der Waals surface area (Å²) in [5, 5.41) is 0. The van der Waals surface area contributed by atoms with Crippen molar-refractivity contribution >= 4 is 0 Å². The zero-order valence-electron chi connectivity index (χ0n) is 14.1. The van der Waals surface area contributed by atoms with Crippen LogP contribution in [0, 0.1) is 5.92 Å². The maximum Gasteiger partial charge on any atom is 0.200 e. The maximum atomic E-state index is 5.89. The second-order valence-electron chi connectivity index (χ2n) is 5.54. The third-order valence-electron chi connectivity index (χ3n) is 3.39. The highest BCUT2D eigenvalue weighted by molar-refractivity contribution is 5.42. The van der Waals surface area contributed by atoms with Crippen LogP contribution in [0.25, 0.3) is 0 Å². The van der Waals surface area contributed by atoms with Crippen molar-refractivity contribution in [2.24, 2.45) is 5.92 Å². The number of methoxy groups -OCH3 is 2. The molecule has 0 saturated carbocycles. The summed E-state index contributed by atoms with van der Waals surface area (Å²) >= 11 is 0. The van der Waals surface area contributed by atoms with E-state index in [0.717, 1.165) is 13.0 Å². The molecular weight excluding hydrogens is 300 g/mol. The van der Waals surface area contributed by atoms with E-state index >= 15 is 0 Å². The summed E-state index contributed by atoms with van der Waals surface area (Å²) in [4.78, 5) is 0. The molecule has 2 atom stereocenters. The molecule has 1 heterocycles. The van der Waals surface area contributed by atoms with Crippen molar-refractivity contribution in [1.29, 1.82) is 0 Å². The fourth-order valence-corrected chi connectivity index (χ4v) is 2.24. The van der Waals surface area contributed by atoms with Gasteiger partial charge >= 0.3 is 0 Å². The Kier molecular flexibility index (Phi) is 7.45. The molecule has 0 amide bonds. The monoisotopic (exact) mass is 326 g/mol. The molecule has 0 N–H and O–H groups in total. The summed E-state index contributed by atoms with van der Waals surface area (Å²) in [6.45, 7) is 4.85. The third kappa shape index (κ3) is 6.25. The van der Waals surface area contributed by atoms with Gasteiger partial charge in [0.15, 0.2) is 6.29 Å². The molecule has 0 bridgehead atoms. The highest BCUT2D eigenvalue weighted by atomic mass is 16.7. The van der Waals surface area contributed by atoms with Crippen LogP contribution in [0.2, 0.25) is 0 Å². The van der Waals surface area contributed by atoms with Gasteiger partial charge in [-0.05, 0) is 5.92 Å². The van der Waals surface area contributed by atoms with Gasteiger partial charge in [0, 0.05) is 38.8 Å². The highest BCUT2D eigenvalue weighted by Crippen LogP contribution is 2.30. The van der Waals surface area contributed by atoms with Crippen LogP contribution in [0.4, 0.5) is 0 Å². The number of hydrogen-bond donors (Lipinski definition) is 0. The van der Waals surface area contributed by atoms with Crippen LogP contribution in [0.1, 0.15) is 13.3 Å². The van der Waals surface area contributed by atoms with Crippen molar-refractivity contribution in [2.45, 2.75) is 19.6 Å². The van der Waals surface area contributed by atoms with Crippen molar-refractivity contribution < 1.29 is 28.4 Å². The molecule has 2 rings (SSSR count). The second-order valence-corrected chi connectivity index (χ2v) is 5.54. The third-order valence-corrected chi connectivity index (χ3v) is 3.39. The van der Waals surface area contributed by atoms with E-state index in [1.54, 1.807) is 14.2 Å². The molecule has 1 aromatic carbocycles. The van der Waals surface area contributed by atoms with Gasteiger partial charge in [-0.25, -0.2) is 0 Å². The molecule has 0 radical (unpaired) electrons.